The number of halogens is 2. The van der Waals surface area contributed by atoms with Gasteiger partial charge >= 0.3 is 0 Å². The van der Waals surface area contributed by atoms with Crippen LogP contribution in [0, 0.1) is 11.6 Å². The van der Waals surface area contributed by atoms with Gasteiger partial charge in [0.1, 0.15) is 17.2 Å². The zero-order valence-electron chi connectivity index (χ0n) is 14.2. The largest absolute Gasteiger partial charge is 0.381 e. The van der Waals surface area contributed by atoms with Gasteiger partial charge < -0.3 is 10.0 Å². The van der Waals surface area contributed by atoms with Crippen LogP contribution in [0.15, 0.2) is 54.1 Å². The molecule has 4 rings (SSSR count). The third-order valence-electron chi connectivity index (χ3n) is 5.55. The Hall–Kier alpha value is -2.04. The molecule has 2 aliphatic rings. The summed E-state index contributed by atoms with van der Waals surface area (Å²) in [6.45, 7) is 1.66. The first-order valence-electron chi connectivity index (χ1n) is 8.63. The van der Waals surface area contributed by atoms with Gasteiger partial charge in [-0.2, -0.15) is 0 Å². The molecule has 25 heavy (non-hydrogen) atoms. The van der Waals surface area contributed by atoms with E-state index in [1.165, 1.54) is 24.3 Å². The fourth-order valence-corrected chi connectivity index (χ4v) is 4.15. The van der Waals surface area contributed by atoms with Gasteiger partial charge in [-0.1, -0.05) is 24.3 Å². The summed E-state index contributed by atoms with van der Waals surface area (Å²) in [7, 11) is 2.04. The van der Waals surface area contributed by atoms with Crippen molar-refractivity contribution in [3.05, 3.63) is 82.4 Å². The molecule has 0 saturated carbocycles. The van der Waals surface area contributed by atoms with Crippen molar-refractivity contribution in [2.75, 3.05) is 20.1 Å². The molecule has 130 valence electrons. The quantitative estimate of drug-likeness (QED) is 0.836. The molecule has 0 spiro atoms. The first kappa shape index (κ1) is 16.4. The summed E-state index contributed by atoms with van der Waals surface area (Å²) in [6, 6.07) is 11.0. The summed E-state index contributed by atoms with van der Waals surface area (Å²) in [5.74, 6) is -0.693. The lowest BCUT2D eigenvalue weighted by Crippen LogP contribution is -2.33. The van der Waals surface area contributed by atoms with E-state index in [2.05, 4.69) is 11.0 Å². The molecule has 2 aromatic rings. The second-order valence-corrected chi connectivity index (χ2v) is 7.14. The predicted octanol–water partition coefficient (Wildman–Crippen LogP) is 3.95. The summed E-state index contributed by atoms with van der Waals surface area (Å²) in [4.78, 5) is 2.19. The Morgan fingerprint density at radius 2 is 1.80 bits per heavy atom. The summed E-state index contributed by atoms with van der Waals surface area (Å²) in [6.07, 6.45) is 3.29. The Labute approximate surface area is 146 Å². The van der Waals surface area contributed by atoms with Gasteiger partial charge in [0.05, 0.1) is 0 Å². The summed E-state index contributed by atoms with van der Waals surface area (Å²) in [5, 5.41) is 11.5. The molecular formula is C21H21F2NO. The number of hydrogen-bond acceptors (Lipinski definition) is 2. The van der Waals surface area contributed by atoms with Crippen LogP contribution in [0.3, 0.4) is 0 Å². The average molecular weight is 341 g/mol. The van der Waals surface area contributed by atoms with Crippen LogP contribution in [-0.4, -0.2) is 30.1 Å². The van der Waals surface area contributed by atoms with Gasteiger partial charge in [-0.15, -0.1) is 0 Å². The van der Waals surface area contributed by atoms with Crippen molar-refractivity contribution < 1.29 is 13.9 Å². The molecule has 2 atom stereocenters. The van der Waals surface area contributed by atoms with Crippen LogP contribution < -0.4 is 0 Å². The summed E-state index contributed by atoms with van der Waals surface area (Å²) in [5.41, 5.74) is 2.33. The molecular weight excluding hydrogens is 320 g/mol. The van der Waals surface area contributed by atoms with E-state index >= 15 is 0 Å². The number of fused-ring (bicyclic) bond motifs is 1. The number of aliphatic hydroxyl groups is 1. The molecule has 1 heterocycles. The lowest BCUT2D eigenvalue weighted by atomic mass is 9.83. The number of hydrogen-bond donors (Lipinski definition) is 1. The van der Waals surface area contributed by atoms with E-state index in [9.17, 15) is 13.9 Å². The standard InChI is InChI=1S/C21H21F2NO/c1-24-10-8-15(9-11-24)21(25)13-19(14-2-4-16(22)5-3-14)18-7-6-17(23)12-20(18)21/h2-8,12,19,25H,9-11,13H2,1H3. The van der Waals surface area contributed by atoms with Crippen molar-refractivity contribution in [3.63, 3.8) is 0 Å². The smallest absolute Gasteiger partial charge is 0.123 e. The zero-order valence-corrected chi connectivity index (χ0v) is 14.2. The molecule has 1 N–H and O–H groups in total. The maximum Gasteiger partial charge on any atom is 0.123 e. The minimum absolute atomic E-state index is 0.0678. The highest BCUT2D eigenvalue weighted by atomic mass is 19.1. The minimum Gasteiger partial charge on any atom is -0.381 e. The van der Waals surface area contributed by atoms with Crippen molar-refractivity contribution in [1.29, 1.82) is 0 Å². The number of rotatable bonds is 2. The van der Waals surface area contributed by atoms with Crippen molar-refractivity contribution in [2.24, 2.45) is 0 Å². The van der Waals surface area contributed by atoms with Crippen LogP contribution in [0.4, 0.5) is 8.78 Å². The lowest BCUT2D eigenvalue weighted by molar-refractivity contribution is 0.0669. The van der Waals surface area contributed by atoms with E-state index in [1.54, 1.807) is 18.2 Å². The molecule has 2 unspecified atom stereocenters. The Balaban J connectivity index is 1.80. The van der Waals surface area contributed by atoms with Crippen molar-refractivity contribution in [1.82, 2.24) is 4.90 Å². The molecule has 2 aromatic carbocycles. The predicted molar refractivity (Wildman–Crippen MR) is 93.4 cm³/mol. The molecule has 0 amide bonds. The summed E-state index contributed by atoms with van der Waals surface area (Å²) >= 11 is 0. The normalized spacial score (nSPS) is 26.4. The minimum atomic E-state index is -1.16. The number of benzene rings is 2. The molecule has 4 heteroatoms. The Bertz CT molecular complexity index is 830. The zero-order chi connectivity index (χ0) is 17.6. The average Bonchev–Trinajstić information content (AvgIpc) is 2.90. The van der Waals surface area contributed by atoms with E-state index in [1.807, 2.05) is 7.05 Å². The molecule has 0 fully saturated rings. The van der Waals surface area contributed by atoms with Gasteiger partial charge in [0.2, 0.25) is 0 Å². The van der Waals surface area contributed by atoms with Crippen LogP contribution in [0.5, 0.6) is 0 Å². The van der Waals surface area contributed by atoms with Crippen LogP contribution in [-0.2, 0) is 5.60 Å². The highest BCUT2D eigenvalue weighted by molar-refractivity contribution is 5.51. The third-order valence-corrected chi connectivity index (χ3v) is 5.55. The Kier molecular flexibility index (Phi) is 3.97. The highest BCUT2D eigenvalue weighted by Crippen LogP contribution is 2.52. The SMILES string of the molecule is CN1CC=C(C2(O)CC(c3ccc(F)cc3)c3ccc(F)cc32)CC1. The second kappa shape index (κ2) is 6.04. The monoisotopic (exact) mass is 341 g/mol. The van der Waals surface area contributed by atoms with Crippen molar-refractivity contribution in [3.8, 4) is 0 Å². The van der Waals surface area contributed by atoms with Crippen LogP contribution in [0.2, 0.25) is 0 Å². The topological polar surface area (TPSA) is 23.5 Å². The van der Waals surface area contributed by atoms with Crippen LogP contribution in [0.25, 0.3) is 0 Å². The van der Waals surface area contributed by atoms with E-state index in [-0.39, 0.29) is 17.6 Å². The first-order chi connectivity index (χ1) is 12.0. The van der Waals surface area contributed by atoms with Crippen LogP contribution >= 0.6 is 0 Å². The fourth-order valence-electron chi connectivity index (χ4n) is 4.15. The molecule has 0 saturated heterocycles. The van der Waals surface area contributed by atoms with Gasteiger partial charge in [0, 0.05) is 19.0 Å². The molecule has 2 nitrogen and oxygen atoms in total. The fraction of sp³-hybridized carbons (Fsp3) is 0.333. The molecule has 0 bridgehead atoms. The molecule has 1 aliphatic heterocycles. The maximum atomic E-state index is 13.9. The number of likely N-dealkylation sites (N-methyl/N-ethyl adjacent to an activating group) is 1. The van der Waals surface area contributed by atoms with Gasteiger partial charge in [-0.25, -0.2) is 8.78 Å². The molecule has 0 radical (unpaired) electrons. The third kappa shape index (κ3) is 2.79. The van der Waals surface area contributed by atoms with E-state index in [0.29, 0.717) is 12.0 Å². The Morgan fingerprint density at radius 1 is 1.08 bits per heavy atom. The molecule has 0 aromatic heterocycles. The second-order valence-electron chi connectivity index (χ2n) is 7.14. The summed E-state index contributed by atoms with van der Waals surface area (Å²) < 4.78 is 27.2. The van der Waals surface area contributed by atoms with E-state index in [0.717, 1.165) is 36.2 Å². The van der Waals surface area contributed by atoms with Crippen molar-refractivity contribution >= 4 is 0 Å². The Morgan fingerprint density at radius 3 is 2.48 bits per heavy atom. The number of nitrogens with zero attached hydrogens (tertiary/aromatic N) is 1. The van der Waals surface area contributed by atoms with Gasteiger partial charge in [-0.3, -0.25) is 0 Å². The first-order valence-corrected chi connectivity index (χ1v) is 8.63. The molecule has 1 aliphatic carbocycles. The van der Waals surface area contributed by atoms with Gasteiger partial charge in [-0.05, 0) is 66.4 Å². The highest BCUT2D eigenvalue weighted by Gasteiger charge is 2.45. The van der Waals surface area contributed by atoms with Crippen molar-refractivity contribution in [2.45, 2.75) is 24.4 Å². The van der Waals surface area contributed by atoms with Gasteiger partial charge in [0.15, 0.2) is 0 Å². The van der Waals surface area contributed by atoms with E-state index < -0.39 is 5.60 Å². The van der Waals surface area contributed by atoms with E-state index in [4.69, 9.17) is 0 Å². The van der Waals surface area contributed by atoms with Crippen LogP contribution in [0.1, 0.15) is 35.4 Å². The maximum absolute atomic E-state index is 13.9. The lowest BCUT2D eigenvalue weighted by Gasteiger charge is -2.33. The van der Waals surface area contributed by atoms with Gasteiger partial charge in [0.25, 0.3) is 0 Å².